The monoisotopic (exact) mass is 440 g/mol. The van der Waals surface area contributed by atoms with Crippen LogP contribution in [-0.2, 0) is 17.9 Å². The van der Waals surface area contributed by atoms with Gasteiger partial charge < -0.3 is 19.7 Å². The summed E-state index contributed by atoms with van der Waals surface area (Å²) in [5.74, 6) is 0.882. The van der Waals surface area contributed by atoms with Gasteiger partial charge in [0.05, 0.1) is 18.1 Å². The number of amides is 1. The van der Waals surface area contributed by atoms with Crippen molar-refractivity contribution in [3.05, 3.63) is 52.9 Å². The molecule has 3 rings (SSSR count). The van der Waals surface area contributed by atoms with Crippen molar-refractivity contribution < 1.29 is 14.3 Å². The summed E-state index contributed by atoms with van der Waals surface area (Å²) in [6.07, 6.45) is 0. The third-order valence-electron chi connectivity index (χ3n) is 5.55. The molecule has 1 heterocycles. The number of ether oxygens (including phenoxy) is 2. The lowest BCUT2D eigenvalue weighted by atomic mass is 10.2. The van der Waals surface area contributed by atoms with Crippen molar-refractivity contribution in [3.8, 4) is 11.5 Å². The third kappa shape index (κ3) is 5.13. The topological polar surface area (TPSA) is 77.7 Å². The Morgan fingerprint density at radius 1 is 1.00 bits per heavy atom. The lowest BCUT2D eigenvalue weighted by Crippen LogP contribution is -2.29. The molecule has 1 amide bonds. The number of nitrogens with zero attached hydrogens (tertiary/aromatic N) is 3. The second kappa shape index (κ2) is 10.9. The lowest BCUT2D eigenvalue weighted by molar-refractivity contribution is -0.116. The molecule has 0 radical (unpaired) electrons. The van der Waals surface area contributed by atoms with E-state index in [1.807, 2.05) is 31.2 Å². The number of benzene rings is 2. The Bertz CT molecular complexity index is 1110. The predicted molar refractivity (Wildman–Crippen MR) is 127 cm³/mol. The first-order valence-electron chi connectivity index (χ1n) is 11.0. The Kier molecular flexibility index (Phi) is 7.94. The first-order chi connectivity index (χ1) is 15.5. The van der Waals surface area contributed by atoms with Crippen LogP contribution in [0.2, 0.25) is 0 Å². The minimum atomic E-state index is -0.287. The van der Waals surface area contributed by atoms with Crippen molar-refractivity contribution in [2.24, 2.45) is 0 Å². The number of rotatable bonds is 11. The predicted octanol–water partition coefficient (Wildman–Crippen LogP) is 3.19. The van der Waals surface area contributed by atoms with Crippen LogP contribution in [0.5, 0.6) is 11.5 Å². The molecule has 0 saturated heterocycles. The van der Waals surface area contributed by atoms with Crippen LogP contribution in [0, 0.1) is 0 Å². The van der Waals surface area contributed by atoms with E-state index in [-0.39, 0.29) is 18.1 Å². The van der Waals surface area contributed by atoms with E-state index in [1.165, 1.54) is 4.57 Å². The van der Waals surface area contributed by atoms with Crippen molar-refractivity contribution in [2.45, 2.75) is 33.9 Å². The van der Waals surface area contributed by atoms with Crippen molar-refractivity contribution in [1.29, 1.82) is 0 Å². The second-order valence-corrected chi connectivity index (χ2v) is 7.39. The van der Waals surface area contributed by atoms with Gasteiger partial charge in [-0.3, -0.25) is 13.9 Å². The number of nitrogens with one attached hydrogen (secondary N) is 1. The van der Waals surface area contributed by atoms with E-state index in [0.29, 0.717) is 30.3 Å². The highest BCUT2D eigenvalue weighted by Crippen LogP contribution is 2.30. The lowest BCUT2D eigenvalue weighted by Gasteiger charge is -2.19. The third-order valence-corrected chi connectivity index (χ3v) is 5.55. The van der Waals surface area contributed by atoms with Crippen molar-refractivity contribution in [1.82, 2.24) is 14.0 Å². The van der Waals surface area contributed by atoms with Gasteiger partial charge in [0.1, 0.15) is 13.2 Å². The molecule has 2 aromatic carbocycles. The summed E-state index contributed by atoms with van der Waals surface area (Å²) in [6, 6.07) is 12.8. The minimum absolute atomic E-state index is 0.0729. The van der Waals surface area contributed by atoms with Gasteiger partial charge in [-0.15, -0.1) is 0 Å². The summed E-state index contributed by atoms with van der Waals surface area (Å²) in [5, 5.41) is 2.87. The van der Waals surface area contributed by atoms with E-state index in [0.717, 1.165) is 30.7 Å². The summed E-state index contributed by atoms with van der Waals surface area (Å²) in [6.45, 7) is 9.85. The van der Waals surface area contributed by atoms with Gasteiger partial charge in [0.15, 0.2) is 11.5 Å². The fourth-order valence-corrected chi connectivity index (χ4v) is 3.77. The number of fused-ring (bicyclic) bond motifs is 1. The molecule has 0 aliphatic rings. The number of imidazole rings is 1. The molecule has 0 atom stereocenters. The van der Waals surface area contributed by atoms with Crippen molar-refractivity contribution in [2.75, 3.05) is 38.7 Å². The van der Waals surface area contributed by atoms with E-state index in [1.54, 1.807) is 29.9 Å². The SMILES string of the molecule is CCN(CC)CCOc1cc(NC(=O)Cn2c(=O)n(CC)c3ccccc32)ccc1OC. The Labute approximate surface area is 188 Å². The van der Waals surface area contributed by atoms with E-state index in [4.69, 9.17) is 9.47 Å². The van der Waals surface area contributed by atoms with E-state index < -0.39 is 0 Å². The van der Waals surface area contributed by atoms with Crippen LogP contribution in [0.4, 0.5) is 5.69 Å². The Morgan fingerprint density at radius 3 is 2.31 bits per heavy atom. The zero-order valence-electron chi connectivity index (χ0n) is 19.3. The number of aromatic nitrogens is 2. The molecule has 0 spiro atoms. The smallest absolute Gasteiger partial charge is 0.329 e. The molecule has 0 bridgehead atoms. The number of methoxy groups -OCH3 is 1. The van der Waals surface area contributed by atoms with Crippen LogP contribution >= 0.6 is 0 Å². The van der Waals surface area contributed by atoms with E-state index >= 15 is 0 Å². The van der Waals surface area contributed by atoms with Crippen molar-refractivity contribution >= 4 is 22.6 Å². The molecular formula is C24H32N4O4. The van der Waals surface area contributed by atoms with Crippen LogP contribution < -0.4 is 20.5 Å². The number of likely N-dealkylation sites (N-methyl/N-ethyl adjacent to an activating group) is 1. The fourth-order valence-electron chi connectivity index (χ4n) is 3.77. The molecule has 0 fully saturated rings. The second-order valence-electron chi connectivity index (χ2n) is 7.39. The molecular weight excluding hydrogens is 408 g/mol. The van der Waals surface area contributed by atoms with Gasteiger partial charge in [-0.25, -0.2) is 4.79 Å². The number of carbonyl (C=O) groups is 1. The molecule has 3 aromatic rings. The molecule has 32 heavy (non-hydrogen) atoms. The maximum Gasteiger partial charge on any atom is 0.329 e. The Morgan fingerprint density at radius 2 is 1.69 bits per heavy atom. The maximum atomic E-state index is 12.8. The molecule has 0 saturated carbocycles. The first kappa shape index (κ1) is 23.4. The highest BCUT2D eigenvalue weighted by Gasteiger charge is 2.15. The molecule has 1 aromatic heterocycles. The van der Waals surface area contributed by atoms with Crippen LogP contribution in [0.1, 0.15) is 20.8 Å². The van der Waals surface area contributed by atoms with Crippen LogP contribution in [0.25, 0.3) is 11.0 Å². The van der Waals surface area contributed by atoms with Gasteiger partial charge in [-0.2, -0.15) is 0 Å². The van der Waals surface area contributed by atoms with Crippen LogP contribution in [-0.4, -0.2) is 53.3 Å². The van der Waals surface area contributed by atoms with Gasteiger partial charge in [-0.05, 0) is 44.3 Å². The molecule has 1 N–H and O–H groups in total. The number of carbonyl (C=O) groups excluding carboxylic acids is 1. The molecule has 0 aliphatic carbocycles. The van der Waals surface area contributed by atoms with E-state index in [2.05, 4.69) is 24.1 Å². The summed E-state index contributed by atoms with van der Waals surface area (Å²) in [5.41, 5.74) is 1.95. The quantitative estimate of drug-likeness (QED) is 0.496. The molecule has 8 heteroatoms. The number of anilines is 1. The highest BCUT2D eigenvalue weighted by molar-refractivity contribution is 5.92. The fraction of sp³-hybridized carbons (Fsp3) is 0.417. The molecule has 172 valence electrons. The van der Waals surface area contributed by atoms with Gasteiger partial charge >= 0.3 is 5.69 Å². The van der Waals surface area contributed by atoms with Crippen LogP contribution in [0.3, 0.4) is 0 Å². The summed E-state index contributed by atoms with van der Waals surface area (Å²) < 4.78 is 14.5. The first-order valence-corrected chi connectivity index (χ1v) is 11.0. The largest absolute Gasteiger partial charge is 0.493 e. The van der Waals surface area contributed by atoms with Gasteiger partial charge in [0.25, 0.3) is 0 Å². The molecule has 0 aliphatic heterocycles. The normalized spacial score (nSPS) is 11.2. The maximum absolute atomic E-state index is 12.8. The number of aryl methyl sites for hydroxylation is 1. The minimum Gasteiger partial charge on any atom is -0.493 e. The molecule has 8 nitrogen and oxygen atoms in total. The van der Waals surface area contributed by atoms with Crippen molar-refractivity contribution in [3.63, 3.8) is 0 Å². The summed E-state index contributed by atoms with van der Waals surface area (Å²) in [7, 11) is 1.58. The van der Waals surface area contributed by atoms with Gasteiger partial charge in [-0.1, -0.05) is 26.0 Å². The number of para-hydroxylation sites is 2. The molecule has 0 unspecified atom stereocenters. The number of hydrogen-bond donors (Lipinski definition) is 1. The van der Waals surface area contributed by atoms with Gasteiger partial charge in [0.2, 0.25) is 5.91 Å². The summed E-state index contributed by atoms with van der Waals surface area (Å²) >= 11 is 0. The Balaban J connectivity index is 1.74. The highest BCUT2D eigenvalue weighted by atomic mass is 16.5. The van der Waals surface area contributed by atoms with E-state index in [9.17, 15) is 9.59 Å². The van der Waals surface area contributed by atoms with Gasteiger partial charge in [0, 0.05) is 24.8 Å². The zero-order chi connectivity index (χ0) is 23.1. The average molecular weight is 441 g/mol. The summed E-state index contributed by atoms with van der Waals surface area (Å²) in [4.78, 5) is 27.8. The zero-order valence-corrected chi connectivity index (χ0v) is 19.3. The number of hydrogen-bond acceptors (Lipinski definition) is 5. The average Bonchev–Trinajstić information content (AvgIpc) is 3.07. The Hall–Kier alpha value is -3.26. The standard InChI is InChI=1S/C24H32N4O4/c1-5-26(6-2)14-15-32-22-16-18(12-13-21(22)31-4)25-23(29)17-28-20-11-9-8-10-19(20)27(7-3)24(28)30/h8-13,16H,5-7,14-15,17H2,1-4H3,(H,25,29). The van der Waals surface area contributed by atoms with Crippen LogP contribution in [0.15, 0.2) is 47.3 Å².